The second kappa shape index (κ2) is 6.58. The zero-order valence-electron chi connectivity index (χ0n) is 11.9. The van der Waals surface area contributed by atoms with Gasteiger partial charge >= 0.3 is 0 Å². The number of nitrogens with two attached hydrogens (primary N) is 1. The van der Waals surface area contributed by atoms with Crippen LogP contribution in [0.5, 0.6) is 5.75 Å². The van der Waals surface area contributed by atoms with Crippen LogP contribution in [0.2, 0.25) is 5.02 Å². The van der Waals surface area contributed by atoms with E-state index in [0.717, 1.165) is 5.56 Å². The van der Waals surface area contributed by atoms with E-state index in [-0.39, 0.29) is 18.3 Å². The molecule has 0 amide bonds. The van der Waals surface area contributed by atoms with Gasteiger partial charge in [-0.3, -0.25) is 0 Å². The number of anilines is 1. The molecule has 0 saturated carbocycles. The fraction of sp³-hybridized carbons (Fsp3) is 0.0625. The molecule has 1 aromatic carbocycles. The smallest absolute Gasteiger partial charge is 0.255 e. The predicted molar refractivity (Wildman–Crippen MR) is 85.4 cm³/mol. The third kappa shape index (κ3) is 3.54. The summed E-state index contributed by atoms with van der Waals surface area (Å²) in [7, 11) is 0. The van der Waals surface area contributed by atoms with Crippen molar-refractivity contribution < 1.29 is 9.13 Å². The molecular formula is C16H12ClFN4O. The number of nitrogens with zero attached hydrogens (tertiary/aromatic N) is 3. The number of hydrogen-bond donors (Lipinski definition) is 1. The summed E-state index contributed by atoms with van der Waals surface area (Å²) >= 11 is 6.05. The lowest BCUT2D eigenvalue weighted by molar-refractivity contribution is 0.286. The van der Waals surface area contributed by atoms with E-state index in [1.165, 1.54) is 18.5 Å². The van der Waals surface area contributed by atoms with Crippen LogP contribution in [0, 0.1) is 5.95 Å². The van der Waals surface area contributed by atoms with E-state index in [1.54, 1.807) is 0 Å². The summed E-state index contributed by atoms with van der Waals surface area (Å²) in [4.78, 5) is 11.5. The molecule has 0 aliphatic heterocycles. The van der Waals surface area contributed by atoms with Gasteiger partial charge in [0.25, 0.3) is 5.95 Å². The third-order valence-corrected chi connectivity index (χ3v) is 3.36. The zero-order valence-corrected chi connectivity index (χ0v) is 12.7. The summed E-state index contributed by atoms with van der Waals surface area (Å²) in [6, 6.07) is 10.9. The van der Waals surface area contributed by atoms with Crippen molar-refractivity contribution in [3.05, 3.63) is 65.3 Å². The molecule has 0 radical (unpaired) electrons. The molecule has 3 aromatic rings. The molecule has 0 bridgehead atoms. The maximum absolute atomic E-state index is 13.8. The molecule has 5 nitrogen and oxygen atoms in total. The van der Waals surface area contributed by atoms with E-state index < -0.39 is 5.95 Å². The highest BCUT2D eigenvalue weighted by Gasteiger charge is 2.12. The van der Waals surface area contributed by atoms with Crippen molar-refractivity contribution in [3.8, 4) is 17.0 Å². The first-order chi connectivity index (χ1) is 11.1. The van der Waals surface area contributed by atoms with Gasteiger partial charge in [0.1, 0.15) is 6.61 Å². The number of rotatable bonds is 4. The normalized spacial score (nSPS) is 10.5. The molecule has 0 fully saturated rings. The van der Waals surface area contributed by atoms with Crippen LogP contribution in [0.25, 0.3) is 11.3 Å². The fourth-order valence-electron chi connectivity index (χ4n) is 1.98. The van der Waals surface area contributed by atoms with Gasteiger partial charge in [-0.15, -0.1) is 0 Å². The van der Waals surface area contributed by atoms with Crippen LogP contribution in [-0.2, 0) is 6.61 Å². The molecule has 23 heavy (non-hydrogen) atoms. The van der Waals surface area contributed by atoms with Crippen molar-refractivity contribution in [1.82, 2.24) is 15.0 Å². The zero-order chi connectivity index (χ0) is 16.2. The largest absolute Gasteiger partial charge is 0.484 e. The van der Waals surface area contributed by atoms with Crippen LogP contribution in [0.4, 0.5) is 10.3 Å². The summed E-state index contributed by atoms with van der Waals surface area (Å²) in [5.74, 6) is -0.622. The summed E-state index contributed by atoms with van der Waals surface area (Å²) in [6.07, 6.45) is 2.70. The third-order valence-electron chi connectivity index (χ3n) is 3.08. The first-order valence-electron chi connectivity index (χ1n) is 6.74. The lowest BCUT2D eigenvalue weighted by atomic mass is 10.2. The van der Waals surface area contributed by atoms with Gasteiger partial charge < -0.3 is 10.5 Å². The van der Waals surface area contributed by atoms with E-state index in [0.29, 0.717) is 16.3 Å². The molecule has 0 saturated heterocycles. The van der Waals surface area contributed by atoms with Gasteiger partial charge in [0.05, 0.1) is 16.9 Å². The number of benzene rings is 1. The first kappa shape index (κ1) is 15.2. The minimum atomic E-state index is -0.706. The van der Waals surface area contributed by atoms with Crippen molar-refractivity contribution in [2.75, 3.05) is 5.73 Å². The Morgan fingerprint density at radius 1 is 1.13 bits per heavy atom. The Labute approximate surface area is 136 Å². The van der Waals surface area contributed by atoms with E-state index in [4.69, 9.17) is 22.1 Å². The molecule has 3 rings (SSSR count). The Morgan fingerprint density at radius 3 is 2.70 bits per heavy atom. The van der Waals surface area contributed by atoms with Crippen molar-refractivity contribution in [1.29, 1.82) is 0 Å². The van der Waals surface area contributed by atoms with Crippen LogP contribution < -0.4 is 10.5 Å². The SMILES string of the molecule is Nc1ncc(Cl)c(-c2cnc(F)c(OCc3ccccc3)c2)n1. The number of aromatic nitrogens is 3. The van der Waals surface area contributed by atoms with E-state index in [9.17, 15) is 4.39 Å². The average molecular weight is 331 g/mol. The molecule has 7 heteroatoms. The summed E-state index contributed by atoms with van der Waals surface area (Å²) in [5.41, 5.74) is 7.34. The quantitative estimate of drug-likeness (QED) is 0.741. The number of nitrogen functional groups attached to an aromatic ring is 1. The van der Waals surface area contributed by atoms with E-state index in [2.05, 4.69) is 15.0 Å². The Kier molecular flexibility index (Phi) is 4.34. The first-order valence-corrected chi connectivity index (χ1v) is 7.12. The summed E-state index contributed by atoms with van der Waals surface area (Å²) in [5, 5.41) is 0.293. The number of pyridine rings is 1. The Balaban J connectivity index is 1.88. The van der Waals surface area contributed by atoms with Gasteiger partial charge in [0.2, 0.25) is 5.95 Å². The summed E-state index contributed by atoms with van der Waals surface area (Å²) in [6.45, 7) is 0.225. The number of hydrogen-bond acceptors (Lipinski definition) is 5. The standard InChI is InChI=1S/C16H12ClFN4O/c17-12-8-21-16(19)22-14(12)11-6-13(15(18)20-7-11)23-9-10-4-2-1-3-5-10/h1-8H,9H2,(H2,19,21,22). The highest BCUT2D eigenvalue weighted by atomic mass is 35.5. The maximum atomic E-state index is 13.8. The second-order valence-corrected chi connectivity index (χ2v) is 5.12. The molecule has 0 spiro atoms. The van der Waals surface area contributed by atoms with Gasteiger partial charge in [-0.05, 0) is 11.6 Å². The average Bonchev–Trinajstić information content (AvgIpc) is 2.57. The number of halogens is 2. The molecule has 0 aliphatic rings. The van der Waals surface area contributed by atoms with Crippen molar-refractivity contribution >= 4 is 17.5 Å². The lowest BCUT2D eigenvalue weighted by Gasteiger charge is -2.09. The van der Waals surface area contributed by atoms with E-state index in [1.807, 2.05) is 30.3 Å². The highest BCUT2D eigenvalue weighted by Crippen LogP contribution is 2.29. The van der Waals surface area contributed by atoms with Crippen LogP contribution >= 0.6 is 11.6 Å². The maximum Gasteiger partial charge on any atom is 0.255 e. The van der Waals surface area contributed by atoms with Crippen molar-refractivity contribution in [2.45, 2.75) is 6.61 Å². The van der Waals surface area contributed by atoms with Crippen molar-refractivity contribution in [3.63, 3.8) is 0 Å². The van der Waals surface area contributed by atoms with Crippen LogP contribution in [-0.4, -0.2) is 15.0 Å². The molecule has 2 aromatic heterocycles. The molecule has 0 atom stereocenters. The molecule has 2 N–H and O–H groups in total. The lowest BCUT2D eigenvalue weighted by Crippen LogP contribution is -2.01. The topological polar surface area (TPSA) is 73.9 Å². The molecular weight excluding hydrogens is 319 g/mol. The van der Waals surface area contributed by atoms with Crippen LogP contribution in [0.1, 0.15) is 5.56 Å². The molecule has 2 heterocycles. The predicted octanol–water partition coefficient (Wildman–Crippen LogP) is 3.49. The minimum absolute atomic E-state index is 0.0135. The Hall–Kier alpha value is -2.73. The Bertz CT molecular complexity index is 830. The number of ether oxygens (including phenoxy) is 1. The molecule has 0 aliphatic carbocycles. The van der Waals surface area contributed by atoms with Gasteiger partial charge in [-0.25, -0.2) is 15.0 Å². The van der Waals surface area contributed by atoms with Crippen LogP contribution in [0.15, 0.2) is 48.8 Å². The van der Waals surface area contributed by atoms with E-state index >= 15 is 0 Å². The highest BCUT2D eigenvalue weighted by molar-refractivity contribution is 6.32. The van der Waals surface area contributed by atoms with Gasteiger partial charge in [-0.1, -0.05) is 41.9 Å². The minimum Gasteiger partial charge on any atom is -0.484 e. The van der Waals surface area contributed by atoms with Crippen molar-refractivity contribution in [2.24, 2.45) is 0 Å². The fourth-order valence-corrected chi connectivity index (χ4v) is 2.18. The van der Waals surface area contributed by atoms with Gasteiger partial charge in [0, 0.05) is 11.8 Å². The van der Waals surface area contributed by atoms with Gasteiger partial charge in [-0.2, -0.15) is 4.39 Å². The summed E-state index contributed by atoms with van der Waals surface area (Å²) < 4.78 is 19.3. The Morgan fingerprint density at radius 2 is 1.91 bits per heavy atom. The molecule has 116 valence electrons. The van der Waals surface area contributed by atoms with Gasteiger partial charge in [0.15, 0.2) is 5.75 Å². The monoisotopic (exact) mass is 330 g/mol. The second-order valence-electron chi connectivity index (χ2n) is 4.71. The van der Waals surface area contributed by atoms with Crippen LogP contribution in [0.3, 0.4) is 0 Å². The molecule has 0 unspecified atom stereocenters.